The number of fused-ring (bicyclic) bond motifs is 2. The fourth-order valence-corrected chi connectivity index (χ4v) is 3.47. The van der Waals surface area contributed by atoms with Gasteiger partial charge in [0, 0.05) is 65.9 Å². The van der Waals surface area contributed by atoms with Crippen molar-refractivity contribution in [1.29, 1.82) is 0 Å². The number of aromatic nitrogens is 5. The van der Waals surface area contributed by atoms with E-state index < -0.39 is 11.7 Å². The predicted molar refractivity (Wildman–Crippen MR) is 94.4 cm³/mol. The van der Waals surface area contributed by atoms with Gasteiger partial charge in [0.1, 0.15) is 5.65 Å². The number of imidazole rings is 1. The maximum atomic E-state index is 14.4. The number of alkyl halides is 2. The summed E-state index contributed by atoms with van der Waals surface area (Å²) < 4.78 is 42.0. The second-order valence-electron chi connectivity index (χ2n) is 6.93. The third-order valence-electron chi connectivity index (χ3n) is 4.91. The maximum absolute atomic E-state index is 14.4. The van der Waals surface area contributed by atoms with Crippen molar-refractivity contribution < 1.29 is 13.2 Å². The third kappa shape index (κ3) is 2.61. The largest absolute Gasteiger partial charge is 0.351 e. The molecule has 1 aliphatic rings. The molecule has 5 rings (SSSR count). The summed E-state index contributed by atoms with van der Waals surface area (Å²) in [5, 5.41) is 3.64. The van der Waals surface area contributed by atoms with Crippen LogP contribution in [0.25, 0.3) is 27.8 Å². The molecule has 0 aliphatic heterocycles. The number of nitrogens with zero attached hydrogens (tertiary/aromatic N) is 4. The minimum Gasteiger partial charge on any atom is -0.351 e. The number of rotatable bonds is 3. The van der Waals surface area contributed by atoms with Gasteiger partial charge in [-0.1, -0.05) is 0 Å². The predicted octanol–water partition coefficient (Wildman–Crippen LogP) is 3.93. The SMILES string of the molecule is Cc1cnc2c(F)cc(-c3c[nH]c4nc(NC5CC(F)(F)C5)ncc34)cn12. The summed E-state index contributed by atoms with van der Waals surface area (Å²) in [6, 6.07) is 1.10. The second-order valence-corrected chi connectivity index (χ2v) is 6.93. The molecule has 0 unspecified atom stereocenters. The van der Waals surface area contributed by atoms with Crippen LogP contribution in [0.1, 0.15) is 18.5 Å². The lowest BCUT2D eigenvalue weighted by Crippen LogP contribution is -2.44. The minimum atomic E-state index is -2.60. The number of anilines is 1. The van der Waals surface area contributed by atoms with Gasteiger partial charge in [0.25, 0.3) is 5.92 Å². The average Bonchev–Trinajstić information content (AvgIpc) is 3.17. The van der Waals surface area contributed by atoms with Crippen LogP contribution in [0, 0.1) is 12.7 Å². The van der Waals surface area contributed by atoms with Gasteiger partial charge < -0.3 is 14.7 Å². The van der Waals surface area contributed by atoms with Crippen molar-refractivity contribution in [3.63, 3.8) is 0 Å². The van der Waals surface area contributed by atoms with Crippen molar-refractivity contribution in [2.75, 3.05) is 5.32 Å². The smallest absolute Gasteiger partial charge is 0.252 e. The topological polar surface area (TPSA) is 70.9 Å². The molecular weight excluding hydrogens is 357 g/mol. The van der Waals surface area contributed by atoms with Crippen molar-refractivity contribution >= 4 is 22.6 Å². The molecule has 0 saturated heterocycles. The van der Waals surface area contributed by atoms with E-state index in [1.54, 1.807) is 23.0 Å². The summed E-state index contributed by atoms with van der Waals surface area (Å²) in [7, 11) is 0. The highest BCUT2D eigenvalue weighted by molar-refractivity contribution is 5.93. The van der Waals surface area contributed by atoms with E-state index in [0.717, 1.165) is 16.6 Å². The Hall–Kier alpha value is -3.10. The van der Waals surface area contributed by atoms with Gasteiger partial charge in [-0.05, 0) is 13.0 Å². The zero-order chi connectivity index (χ0) is 18.8. The van der Waals surface area contributed by atoms with E-state index in [1.165, 1.54) is 6.07 Å². The molecule has 0 aromatic carbocycles. The Morgan fingerprint density at radius 3 is 2.85 bits per heavy atom. The molecule has 1 aliphatic carbocycles. The zero-order valence-corrected chi connectivity index (χ0v) is 14.3. The van der Waals surface area contributed by atoms with Gasteiger partial charge in [0.15, 0.2) is 11.5 Å². The lowest BCUT2D eigenvalue weighted by atomic mass is 9.88. The molecule has 6 nitrogen and oxygen atoms in total. The highest BCUT2D eigenvalue weighted by atomic mass is 19.3. The monoisotopic (exact) mass is 372 g/mol. The number of hydrogen-bond acceptors (Lipinski definition) is 4. The van der Waals surface area contributed by atoms with Gasteiger partial charge in [-0.15, -0.1) is 0 Å². The van der Waals surface area contributed by atoms with Crippen molar-refractivity contribution in [1.82, 2.24) is 24.3 Å². The molecule has 0 bridgehead atoms. The van der Waals surface area contributed by atoms with E-state index in [4.69, 9.17) is 0 Å². The van der Waals surface area contributed by atoms with Crippen LogP contribution in [0.15, 0.2) is 30.9 Å². The van der Waals surface area contributed by atoms with Gasteiger partial charge in [0.05, 0.1) is 0 Å². The number of aromatic amines is 1. The van der Waals surface area contributed by atoms with Crippen LogP contribution in [-0.2, 0) is 0 Å². The van der Waals surface area contributed by atoms with Crippen LogP contribution >= 0.6 is 0 Å². The normalized spacial score (nSPS) is 16.7. The summed E-state index contributed by atoms with van der Waals surface area (Å²) in [5.41, 5.74) is 3.06. The van der Waals surface area contributed by atoms with E-state index in [-0.39, 0.29) is 24.5 Å². The lowest BCUT2D eigenvalue weighted by Gasteiger charge is -2.35. The zero-order valence-electron chi connectivity index (χ0n) is 14.3. The van der Waals surface area contributed by atoms with Crippen LogP contribution in [-0.4, -0.2) is 36.3 Å². The first kappa shape index (κ1) is 16.1. The van der Waals surface area contributed by atoms with Crippen molar-refractivity contribution in [3.05, 3.63) is 42.4 Å². The molecule has 9 heteroatoms. The Morgan fingerprint density at radius 1 is 1.26 bits per heavy atom. The first-order valence-electron chi connectivity index (χ1n) is 8.52. The molecule has 0 amide bonds. The molecule has 0 atom stereocenters. The molecule has 4 aromatic rings. The van der Waals surface area contributed by atoms with Gasteiger partial charge in [-0.2, -0.15) is 4.98 Å². The molecule has 138 valence electrons. The molecule has 1 fully saturated rings. The molecule has 0 radical (unpaired) electrons. The number of halogens is 3. The highest BCUT2D eigenvalue weighted by Crippen LogP contribution is 2.39. The Labute approximate surface area is 151 Å². The molecule has 4 aromatic heterocycles. The summed E-state index contributed by atoms with van der Waals surface area (Å²) >= 11 is 0. The average molecular weight is 372 g/mol. The van der Waals surface area contributed by atoms with Gasteiger partial charge in [-0.3, -0.25) is 0 Å². The summed E-state index contributed by atoms with van der Waals surface area (Å²) in [6.07, 6.45) is 6.33. The van der Waals surface area contributed by atoms with Crippen molar-refractivity contribution in [2.24, 2.45) is 0 Å². The van der Waals surface area contributed by atoms with Crippen LogP contribution in [0.5, 0.6) is 0 Å². The Bertz CT molecular complexity index is 1170. The van der Waals surface area contributed by atoms with Crippen molar-refractivity contribution in [3.8, 4) is 11.1 Å². The summed E-state index contributed by atoms with van der Waals surface area (Å²) in [4.78, 5) is 15.7. The highest BCUT2D eigenvalue weighted by Gasteiger charge is 2.45. The second kappa shape index (κ2) is 5.45. The van der Waals surface area contributed by atoms with E-state index >= 15 is 0 Å². The Morgan fingerprint density at radius 2 is 2.07 bits per heavy atom. The molecule has 1 saturated carbocycles. The molecule has 4 heterocycles. The van der Waals surface area contributed by atoms with Gasteiger partial charge in [-0.25, -0.2) is 23.1 Å². The quantitative estimate of drug-likeness (QED) is 0.572. The van der Waals surface area contributed by atoms with Gasteiger partial charge in [0.2, 0.25) is 5.95 Å². The van der Waals surface area contributed by atoms with Crippen molar-refractivity contribution in [2.45, 2.75) is 31.7 Å². The first-order valence-corrected chi connectivity index (χ1v) is 8.52. The first-order chi connectivity index (χ1) is 12.9. The summed E-state index contributed by atoms with van der Waals surface area (Å²) in [6.45, 7) is 1.85. The molecule has 27 heavy (non-hydrogen) atoms. The van der Waals surface area contributed by atoms with E-state index in [9.17, 15) is 13.2 Å². The standard InChI is InChI=1S/C18H15F3N6/c1-9-5-23-16-14(19)2-10(8-27(9)16)12-6-22-15-13(12)7-24-17(26-15)25-11-3-18(20,21)4-11/h2,5-8,11H,3-4H2,1H3,(H2,22,24,25,26). The van der Waals surface area contributed by atoms with E-state index in [0.29, 0.717) is 17.2 Å². The third-order valence-corrected chi connectivity index (χ3v) is 4.91. The van der Waals surface area contributed by atoms with E-state index in [1.807, 2.05) is 13.1 Å². The Balaban J connectivity index is 1.50. The Kier molecular flexibility index (Phi) is 3.25. The van der Waals surface area contributed by atoms with Gasteiger partial charge >= 0.3 is 0 Å². The molecule has 2 N–H and O–H groups in total. The summed E-state index contributed by atoms with van der Waals surface area (Å²) in [5.74, 6) is -2.72. The number of aryl methyl sites for hydroxylation is 1. The van der Waals surface area contributed by atoms with E-state index in [2.05, 4.69) is 25.3 Å². The number of hydrogen-bond donors (Lipinski definition) is 2. The van der Waals surface area contributed by atoms with Crippen LogP contribution < -0.4 is 5.32 Å². The molecular formula is C18H15F3N6. The fraction of sp³-hybridized carbons (Fsp3) is 0.278. The van der Waals surface area contributed by atoms with Crippen LogP contribution in [0.2, 0.25) is 0 Å². The number of pyridine rings is 1. The lowest BCUT2D eigenvalue weighted by molar-refractivity contribution is -0.0794. The molecule has 0 spiro atoms. The fourth-order valence-electron chi connectivity index (χ4n) is 3.47. The number of nitrogens with one attached hydrogen (secondary N) is 2. The van der Waals surface area contributed by atoms with Crippen LogP contribution in [0.4, 0.5) is 19.1 Å². The minimum absolute atomic E-state index is 0.214. The number of H-pyrrole nitrogens is 1. The van der Waals surface area contributed by atoms with Crippen LogP contribution in [0.3, 0.4) is 0 Å². The maximum Gasteiger partial charge on any atom is 0.252 e.